The lowest BCUT2D eigenvalue weighted by atomic mass is 9.94. The van der Waals surface area contributed by atoms with Crippen LogP contribution in [-0.4, -0.2) is 21.5 Å². The van der Waals surface area contributed by atoms with E-state index in [2.05, 4.69) is 16.4 Å². The van der Waals surface area contributed by atoms with Gasteiger partial charge in [0.05, 0.1) is 17.2 Å². The van der Waals surface area contributed by atoms with E-state index in [0.29, 0.717) is 16.5 Å². The lowest BCUT2D eigenvalue weighted by Gasteiger charge is -2.21. The molecule has 0 aliphatic heterocycles. The number of aromatic nitrogens is 2. The Morgan fingerprint density at radius 3 is 2.91 bits per heavy atom. The highest BCUT2D eigenvalue weighted by Gasteiger charge is 2.16. The molecule has 1 N–H and O–H groups in total. The van der Waals surface area contributed by atoms with Gasteiger partial charge < -0.3 is 9.88 Å². The minimum Gasteiger partial charge on any atom is -0.346 e. The second-order valence-corrected chi connectivity index (χ2v) is 6.11. The summed E-state index contributed by atoms with van der Waals surface area (Å²) in [7, 11) is 1.66. The number of rotatable bonds is 3. The molecule has 1 atom stereocenters. The maximum absolute atomic E-state index is 12.4. The van der Waals surface area contributed by atoms with Crippen LogP contribution in [0.5, 0.6) is 0 Å². The van der Waals surface area contributed by atoms with E-state index in [0.717, 1.165) is 12.8 Å². The zero-order valence-electron chi connectivity index (χ0n) is 13.5. The van der Waals surface area contributed by atoms with E-state index >= 15 is 0 Å². The Bertz CT molecular complexity index is 836. The molecule has 1 aromatic carbocycles. The molecule has 120 valence electrons. The van der Waals surface area contributed by atoms with Crippen LogP contribution < -0.4 is 10.9 Å². The van der Waals surface area contributed by atoms with Gasteiger partial charge in [-0.25, -0.2) is 4.98 Å². The molecule has 1 amide bonds. The Kier molecular flexibility index (Phi) is 4.28. The summed E-state index contributed by atoms with van der Waals surface area (Å²) in [4.78, 5) is 28.7. The van der Waals surface area contributed by atoms with Crippen LogP contribution in [0.25, 0.3) is 10.9 Å². The summed E-state index contributed by atoms with van der Waals surface area (Å²) in [6.45, 7) is 2.02. The van der Waals surface area contributed by atoms with E-state index in [9.17, 15) is 9.59 Å². The number of hydrogen-bond acceptors (Lipinski definition) is 3. The Hall–Kier alpha value is -2.43. The number of amides is 1. The maximum atomic E-state index is 12.4. The molecule has 0 bridgehead atoms. The average molecular weight is 311 g/mol. The van der Waals surface area contributed by atoms with Gasteiger partial charge in [-0.15, -0.1) is 0 Å². The molecule has 0 saturated carbocycles. The van der Waals surface area contributed by atoms with E-state index in [-0.39, 0.29) is 17.5 Å². The number of fused-ring (bicyclic) bond motifs is 1. The fraction of sp³-hybridized carbons (Fsp3) is 0.389. The molecule has 3 rings (SSSR count). The maximum Gasteiger partial charge on any atom is 0.260 e. The first-order valence-electron chi connectivity index (χ1n) is 8.01. The largest absolute Gasteiger partial charge is 0.346 e. The fourth-order valence-corrected chi connectivity index (χ4v) is 2.98. The third kappa shape index (κ3) is 3.18. The Labute approximate surface area is 135 Å². The van der Waals surface area contributed by atoms with Crippen LogP contribution in [0.3, 0.4) is 0 Å². The average Bonchev–Trinajstić information content (AvgIpc) is 2.58. The van der Waals surface area contributed by atoms with Crippen molar-refractivity contribution in [1.82, 2.24) is 14.9 Å². The van der Waals surface area contributed by atoms with Crippen LogP contribution in [-0.2, 0) is 7.05 Å². The summed E-state index contributed by atoms with van der Waals surface area (Å²) in [5.41, 5.74) is 2.27. The van der Waals surface area contributed by atoms with Gasteiger partial charge >= 0.3 is 0 Å². The Balaban J connectivity index is 1.82. The summed E-state index contributed by atoms with van der Waals surface area (Å²) in [6.07, 6.45) is 8.28. The van der Waals surface area contributed by atoms with Crippen molar-refractivity contribution >= 4 is 16.8 Å². The summed E-state index contributed by atoms with van der Waals surface area (Å²) in [6, 6.07) is 5.07. The summed E-state index contributed by atoms with van der Waals surface area (Å²) >= 11 is 0. The molecule has 2 aromatic rings. The SMILES string of the molecule is C[C@H](NC(=O)c1ccc2c(=O)n(C)cnc2c1)C1=CCCCC1. The van der Waals surface area contributed by atoms with Gasteiger partial charge in [-0.1, -0.05) is 11.6 Å². The normalized spacial score (nSPS) is 16.0. The van der Waals surface area contributed by atoms with E-state index in [4.69, 9.17) is 0 Å². The number of carbonyl (C=O) groups excluding carboxylic acids is 1. The smallest absolute Gasteiger partial charge is 0.260 e. The summed E-state index contributed by atoms with van der Waals surface area (Å²) < 4.78 is 1.43. The predicted molar refractivity (Wildman–Crippen MR) is 90.5 cm³/mol. The highest BCUT2D eigenvalue weighted by atomic mass is 16.1. The van der Waals surface area contributed by atoms with Crippen LogP contribution in [0.4, 0.5) is 0 Å². The Morgan fingerprint density at radius 2 is 2.17 bits per heavy atom. The van der Waals surface area contributed by atoms with Gasteiger partial charge in [-0.05, 0) is 50.8 Å². The van der Waals surface area contributed by atoms with Crippen molar-refractivity contribution in [1.29, 1.82) is 0 Å². The number of allylic oxidation sites excluding steroid dienone is 1. The second kappa shape index (κ2) is 6.36. The van der Waals surface area contributed by atoms with E-state index in [1.165, 1.54) is 29.3 Å². The lowest BCUT2D eigenvalue weighted by molar-refractivity contribution is 0.0944. The Morgan fingerprint density at radius 1 is 1.35 bits per heavy atom. The molecule has 5 heteroatoms. The number of carbonyl (C=O) groups is 1. The molecule has 5 nitrogen and oxygen atoms in total. The molecule has 0 fully saturated rings. The molecule has 1 heterocycles. The molecule has 0 radical (unpaired) electrons. The van der Waals surface area contributed by atoms with Crippen LogP contribution in [0, 0.1) is 0 Å². The van der Waals surface area contributed by atoms with Crippen LogP contribution in [0.15, 0.2) is 41.0 Å². The van der Waals surface area contributed by atoms with Gasteiger partial charge in [0, 0.05) is 18.7 Å². The van der Waals surface area contributed by atoms with Crippen molar-refractivity contribution in [2.45, 2.75) is 38.6 Å². The predicted octanol–water partition coefficient (Wildman–Crippen LogP) is 2.55. The van der Waals surface area contributed by atoms with Gasteiger partial charge in [-0.2, -0.15) is 0 Å². The molecule has 0 spiro atoms. The number of nitrogens with zero attached hydrogens (tertiary/aromatic N) is 2. The van der Waals surface area contributed by atoms with Crippen molar-refractivity contribution in [3.63, 3.8) is 0 Å². The van der Waals surface area contributed by atoms with Gasteiger partial charge in [-0.3, -0.25) is 9.59 Å². The van der Waals surface area contributed by atoms with Crippen molar-refractivity contribution < 1.29 is 4.79 Å². The van der Waals surface area contributed by atoms with Gasteiger partial charge in [0.15, 0.2) is 0 Å². The first kappa shape index (κ1) is 15.5. The number of benzene rings is 1. The molecule has 1 aliphatic carbocycles. The van der Waals surface area contributed by atoms with E-state index in [1.54, 1.807) is 25.2 Å². The van der Waals surface area contributed by atoms with Gasteiger partial charge in [0.2, 0.25) is 0 Å². The summed E-state index contributed by atoms with van der Waals surface area (Å²) in [5, 5.41) is 3.56. The second-order valence-electron chi connectivity index (χ2n) is 6.11. The van der Waals surface area contributed by atoms with Crippen molar-refractivity contribution in [2.24, 2.45) is 7.05 Å². The van der Waals surface area contributed by atoms with E-state index in [1.807, 2.05) is 6.92 Å². The first-order valence-corrected chi connectivity index (χ1v) is 8.01. The van der Waals surface area contributed by atoms with Crippen molar-refractivity contribution in [2.75, 3.05) is 0 Å². The third-order valence-corrected chi connectivity index (χ3v) is 4.41. The quantitative estimate of drug-likeness (QED) is 0.886. The highest BCUT2D eigenvalue weighted by molar-refractivity contribution is 5.97. The van der Waals surface area contributed by atoms with Gasteiger partial charge in [0.1, 0.15) is 0 Å². The molecule has 1 aliphatic rings. The topological polar surface area (TPSA) is 64.0 Å². The van der Waals surface area contributed by atoms with Crippen LogP contribution in [0.1, 0.15) is 43.0 Å². The third-order valence-electron chi connectivity index (χ3n) is 4.41. The van der Waals surface area contributed by atoms with Crippen molar-refractivity contribution in [3.8, 4) is 0 Å². The van der Waals surface area contributed by atoms with Crippen LogP contribution >= 0.6 is 0 Å². The minimum absolute atomic E-state index is 0.0371. The molecular formula is C18H21N3O2. The zero-order chi connectivity index (χ0) is 16.4. The first-order chi connectivity index (χ1) is 11.1. The summed E-state index contributed by atoms with van der Waals surface area (Å²) in [5.74, 6) is -0.131. The molecule has 1 aromatic heterocycles. The minimum atomic E-state index is -0.131. The lowest BCUT2D eigenvalue weighted by Crippen LogP contribution is -2.34. The molecule has 23 heavy (non-hydrogen) atoms. The number of nitrogens with one attached hydrogen (secondary N) is 1. The zero-order valence-corrected chi connectivity index (χ0v) is 13.5. The number of hydrogen-bond donors (Lipinski definition) is 1. The molecule has 0 saturated heterocycles. The van der Waals surface area contributed by atoms with Gasteiger partial charge in [0.25, 0.3) is 11.5 Å². The monoisotopic (exact) mass is 311 g/mol. The van der Waals surface area contributed by atoms with E-state index < -0.39 is 0 Å². The molecular weight excluding hydrogens is 290 g/mol. The van der Waals surface area contributed by atoms with Crippen molar-refractivity contribution in [3.05, 3.63) is 52.1 Å². The standard InChI is InChI=1S/C18H21N3O2/c1-12(13-6-4-3-5-7-13)20-17(22)14-8-9-15-16(10-14)19-11-21(2)18(15)23/h6,8-12H,3-5,7H2,1-2H3,(H,20,22)/t12-/m0/s1. The highest BCUT2D eigenvalue weighted by Crippen LogP contribution is 2.20. The number of aryl methyl sites for hydroxylation is 1. The van der Waals surface area contributed by atoms with Crippen LogP contribution in [0.2, 0.25) is 0 Å². The molecule has 0 unspecified atom stereocenters. The fourth-order valence-electron chi connectivity index (χ4n) is 2.98.